The molecular weight excluding hydrogens is 272 g/mol. The molecule has 0 aliphatic heterocycles. The summed E-state index contributed by atoms with van der Waals surface area (Å²) in [6.07, 6.45) is 13.3. The number of hydrogen-bond donors (Lipinski definition) is 0. The van der Waals surface area contributed by atoms with Crippen molar-refractivity contribution in [2.45, 2.75) is 79.1 Å². The van der Waals surface area contributed by atoms with Crippen molar-refractivity contribution in [2.75, 3.05) is 0 Å². The lowest BCUT2D eigenvalue weighted by molar-refractivity contribution is -0.311. The second-order valence-electron chi connectivity index (χ2n) is 6.99. The van der Waals surface area contributed by atoms with Gasteiger partial charge in [-0.1, -0.05) is 57.8 Å². The summed E-state index contributed by atoms with van der Waals surface area (Å²) in [4.78, 5) is 10.6. The zero-order valence-electron chi connectivity index (χ0n) is 15.1. The summed E-state index contributed by atoms with van der Waals surface area (Å²) in [5, 5.41) is 10.6. The van der Waals surface area contributed by atoms with E-state index in [1.165, 1.54) is 37.7 Å². The first-order chi connectivity index (χ1) is 10.4. The molecule has 0 N–H and O–H groups in total. The SMILES string of the molecule is C=CC(C)CCCC(C)CCC/C(C)=C/CCC(C)C(=O)[O-]. The van der Waals surface area contributed by atoms with Gasteiger partial charge in [0.2, 0.25) is 0 Å². The number of carboxylic acids is 1. The molecule has 0 aliphatic rings. The molecule has 0 fully saturated rings. The van der Waals surface area contributed by atoms with E-state index in [0.717, 1.165) is 18.8 Å². The number of carbonyl (C=O) groups excluding carboxylic acids is 1. The fourth-order valence-corrected chi connectivity index (χ4v) is 2.58. The van der Waals surface area contributed by atoms with Crippen molar-refractivity contribution in [3.8, 4) is 0 Å². The van der Waals surface area contributed by atoms with Crippen molar-refractivity contribution in [1.29, 1.82) is 0 Å². The third kappa shape index (κ3) is 11.6. The maximum absolute atomic E-state index is 10.6. The Morgan fingerprint density at radius 2 is 1.73 bits per heavy atom. The Morgan fingerprint density at radius 1 is 1.09 bits per heavy atom. The van der Waals surface area contributed by atoms with E-state index in [2.05, 4.69) is 33.4 Å². The quantitative estimate of drug-likeness (QED) is 0.454. The number of aliphatic carboxylic acids is 1. The molecule has 0 aliphatic carbocycles. The van der Waals surface area contributed by atoms with Gasteiger partial charge in [-0.15, -0.1) is 6.58 Å². The Bertz CT molecular complexity index is 344. The maximum Gasteiger partial charge on any atom is 0.0442 e. The topological polar surface area (TPSA) is 40.1 Å². The van der Waals surface area contributed by atoms with Gasteiger partial charge in [0.15, 0.2) is 0 Å². The minimum absolute atomic E-state index is 0.345. The highest BCUT2D eigenvalue weighted by atomic mass is 16.4. The highest BCUT2D eigenvalue weighted by molar-refractivity contribution is 5.66. The monoisotopic (exact) mass is 307 g/mol. The largest absolute Gasteiger partial charge is 0.550 e. The van der Waals surface area contributed by atoms with Crippen molar-refractivity contribution in [3.05, 3.63) is 24.3 Å². The van der Waals surface area contributed by atoms with Crippen LogP contribution in [0.4, 0.5) is 0 Å². The smallest absolute Gasteiger partial charge is 0.0442 e. The molecule has 2 nitrogen and oxygen atoms in total. The van der Waals surface area contributed by atoms with Gasteiger partial charge in [-0.25, -0.2) is 0 Å². The van der Waals surface area contributed by atoms with E-state index < -0.39 is 5.97 Å². The van der Waals surface area contributed by atoms with E-state index in [1.54, 1.807) is 6.92 Å². The molecule has 0 heterocycles. The van der Waals surface area contributed by atoms with Crippen molar-refractivity contribution in [2.24, 2.45) is 17.8 Å². The van der Waals surface area contributed by atoms with Gasteiger partial charge in [0.1, 0.15) is 0 Å². The summed E-state index contributed by atoms with van der Waals surface area (Å²) >= 11 is 0. The Kier molecular flexibility index (Phi) is 11.9. The van der Waals surface area contributed by atoms with Crippen LogP contribution in [-0.4, -0.2) is 5.97 Å². The van der Waals surface area contributed by atoms with E-state index in [1.807, 2.05) is 6.08 Å². The molecular formula is C20H35O2-. The molecule has 0 bridgehead atoms. The van der Waals surface area contributed by atoms with Crippen molar-refractivity contribution < 1.29 is 9.90 Å². The molecule has 0 aromatic heterocycles. The predicted molar refractivity (Wildman–Crippen MR) is 93.4 cm³/mol. The highest BCUT2D eigenvalue weighted by Crippen LogP contribution is 2.19. The molecule has 3 atom stereocenters. The summed E-state index contributed by atoms with van der Waals surface area (Å²) < 4.78 is 0. The van der Waals surface area contributed by atoms with E-state index in [-0.39, 0.29) is 5.92 Å². The Balaban J connectivity index is 3.71. The molecule has 0 aromatic carbocycles. The molecule has 0 spiro atoms. The van der Waals surface area contributed by atoms with Crippen LogP contribution in [0.25, 0.3) is 0 Å². The van der Waals surface area contributed by atoms with Crippen molar-refractivity contribution >= 4 is 5.97 Å². The summed E-state index contributed by atoms with van der Waals surface area (Å²) in [6, 6.07) is 0. The standard InChI is InChI=1S/C20H36O2/c1-6-16(2)10-7-11-17(3)12-8-13-18(4)14-9-15-19(5)20(21)22/h6,14,16-17,19H,1,7-13,15H2,2-5H3,(H,21,22)/p-1/b18-14+. The molecule has 0 radical (unpaired) electrons. The van der Waals surface area contributed by atoms with Gasteiger partial charge in [0, 0.05) is 5.97 Å². The summed E-state index contributed by atoms with van der Waals surface area (Å²) in [5.74, 6) is 0.149. The van der Waals surface area contributed by atoms with E-state index >= 15 is 0 Å². The number of carbonyl (C=O) groups is 1. The molecule has 0 aromatic rings. The molecule has 22 heavy (non-hydrogen) atoms. The molecule has 0 saturated heterocycles. The first-order valence-electron chi connectivity index (χ1n) is 8.85. The highest BCUT2D eigenvalue weighted by Gasteiger charge is 2.04. The summed E-state index contributed by atoms with van der Waals surface area (Å²) in [6.45, 7) is 12.3. The minimum Gasteiger partial charge on any atom is -0.550 e. The van der Waals surface area contributed by atoms with Crippen molar-refractivity contribution in [3.63, 3.8) is 0 Å². The molecule has 0 amide bonds. The first kappa shape index (κ1) is 20.9. The lowest BCUT2D eigenvalue weighted by Crippen LogP contribution is -2.29. The van der Waals surface area contributed by atoms with Crippen LogP contribution in [0.1, 0.15) is 79.1 Å². The van der Waals surface area contributed by atoms with Crippen LogP contribution in [0.3, 0.4) is 0 Å². The van der Waals surface area contributed by atoms with Crippen LogP contribution in [0.15, 0.2) is 24.3 Å². The molecule has 2 heteroatoms. The average molecular weight is 307 g/mol. The fourth-order valence-electron chi connectivity index (χ4n) is 2.58. The van der Waals surface area contributed by atoms with E-state index in [4.69, 9.17) is 0 Å². The van der Waals surface area contributed by atoms with Gasteiger partial charge in [0.25, 0.3) is 0 Å². The van der Waals surface area contributed by atoms with Crippen LogP contribution >= 0.6 is 0 Å². The minimum atomic E-state index is -0.939. The predicted octanol–water partition coefficient (Wildman–Crippen LogP) is 4.90. The Labute approximate surface area is 137 Å². The molecule has 0 rings (SSSR count). The number of allylic oxidation sites excluding steroid dienone is 3. The second kappa shape index (κ2) is 12.5. The third-order valence-corrected chi connectivity index (χ3v) is 4.52. The van der Waals surface area contributed by atoms with Crippen LogP contribution in [0.2, 0.25) is 0 Å². The summed E-state index contributed by atoms with van der Waals surface area (Å²) in [7, 11) is 0. The molecule has 3 unspecified atom stereocenters. The molecule has 128 valence electrons. The summed E-state index contributed by atoms with van der Waals surface area (Å²) in [5.41, 5.74) is 1.39. The number of carboxylic acid groups (broad SMARTS) is 1. The van der Waals surface area contributed by atoms with Gasteiger partial charge in [-0.05, 0) is 56.8 Å². The molecule has 0 saturated carbocycles. The second-order valence-corrected chi connectivity index (χ2v) is 6.99. The lowest BCUT2D eigenvalue weighted by atomic mass is 9.94. The average Bonchev–Trinajstić information content (AvgIpc) is 2.46. The lowest BCUT2D eigenvalue weighted by Gasteiger charge is -2.13. The number of hydrogen-bond acceptors (Lipinski definition) is 2. The van der Waals surface area contributed by atoms with Gasteiger partial charge < -0.3 is 9.90 Å². The van der Waals surface area contributed by atoms with Crippen molar-refractivity contribution in [1.82, 2.24) is 0 Å². The van der Waals surface area contributed by atoms with Gasteiger partial charge in [-0.3, -0.25) is 0 Å². The van der Waals surface area contributed by atoms with Crippen LogP contribution < -0.4 is 5.11 Å². The van der Waals surface area contributed by atoms with Gasteiger partial charge in [0.05, 0.1) is 0 Å². The maximum atomic E-state index is 10.6. The van der Waals surface area contributed by atoms with Crippen LogP contribution in [0, 0.1) is 17.8 Å². The zero-order chi connectivity index (χ0) is 17.0. The zero-order valence-corrected chi connectivity index (χ0v) is 15.1. The number of rotatable bonds is 13. The van der Waals surface area contributed by atoms with Crippen LogP contribution in [0.5, 0.6) is 0 Å². The third-order valence-electron chi connectivity index (χ3n) is 4.52. The van der Waals surface area contributed by atoms with E-state index in [9.17, 15) is 9.90 Å². The normalized spacial score (nSPS) is 16.1. The Hall–Kier alpha value is -1.05. The van der Waals surface area contributed by atoms with Crippen LogP contribution in [-0.2, 0) is 4.79 Å². The van der Waals surface area contributed by atoms with Gasteiger partial charge >= 0.3 is 0 Å². The fraction of sp³-hybridized carbons (Fsp3) is 0.750. The first-order valence-corrected chi connectivity index (χ1v) is 8.85. The van der Waals surface area contributed by atoms with E-state index in [0.29, 0.717) is 12.3 Å². The van der Waals surface area contributed by atoms with Gasteiger partial charge in [-0.2, -0.15) is 0 Å². The Morgan fingerprint density at radius 3 is 2.32 bits per heavy atom.